The molecule has 0 aromatic heterocycles. The SMILES string of the molecule is CC/C=C\C/C=C\C/C=C\C/C=C\C/C=C\CCCC(=O)NCCN(C)CCNC(=O)C1=CC(=O)C(C)(c2ccccc2)O1. The number of nitrogens with one attached hydrogen (secondary N) is 2. The first-order valence-corrected chi connectivity index (χ1v) is 15.9. The van der Waals surface area contributed by atoms with Crippen LogP contribution in [0.15, 0.2) is 103 Å². The first kappa shape index (κ1) is 36.2. The van der Waals surface area contributed by atoms with Gasteiger partial charge in [-0.05, 0) is 58.9 Å². The number of unbranched alkanes of at least 4 members (excludes halogenated alkanes) is 1. The van der Waals surface area contributed by atoms with Crippen molar-refractivity contribution in [1.29, 1.82) is 0 Å². The maximum atomic E-state index is 12.5. The second-order valence-electron chi connectivity index (χ2n) is 10.9. The van der Waals surface area contributed by atoms with Crippen molar-refractivity contribution in [3.05, 3.63) is 108 Å². The highest BCUT2D eigenvalue weighted by Gasteiger charge is 2.43. The van der Waals surface area contributed by atoms with E-state index in [-0.39, 0.29) is 17.4 Å². The first-order valence-electron chi connectivity index (χ1n) is 15.9. The van der Waals surface area contributed by atoms with E-state index in [0.717, 1.165) is 44.9 Å². The molecule has 1 atom stereocenters. The number of allylic oxidation sites excluding steroid dienone is 10. The number of ether oxygens (including phenoxy) is 1. The molecule has 2 rings (SSSR count). The number of benzene rings is 1. The fourth-order valence-corrected chi connectivity index (χ4v) is 4.41. The Morgan fingerprint density at radius 1 is 0.818 bits per heavy atom. The van der Waals surface area contributed by atoms with E-state index in [2.05, 4.69) is 78.3 Å². The third-order valence-corrected chi connectivity index (χ3v) is 7.12. The van der Waals surface area contributed by atoms with Crippen LogP contribution in [0.5, 0.6) is 0 Å². The summed E-state index contributed by atoms with van der Waals surface area (Å²) in [5.41, 5.74) is -0.474. The van der Waals surface area contributed by atoms with Crippen molar-refractivity contribution in [1.82, 2.24) is 15.5 Å². The topological polar surface area (TPSA) is 87.7 Å². The molecule has 1 unspecified atom stereocenters. The minimum atomic E-state index is -1.18. The lowest BCUT2D eigenvalue weighted by atomic mass is 9.92. The number of nitrogens with zero attached hydrogens (tertiary/aromatic N) is 1. The zero-order valence-corrected chi connectivity index (χ0v) is 26.8. The zero-order chi connectivity index (χ0) is 31.9. The molecule has 7 nitrogen and oxygen atoms in total. The van der Waals surface area contributed by atoms with Crippen molar-refractivity contribution in [3.8, 4) is 0 Å². The molecule has 1 aromatic carbocycles. The molecule has 0 saturated heterocycles. The first-order chi connectivity index (χ1) is 21.4. The van der Waals surface area contributed by atoms with E-state index in [1.807, 2.05) is 42.3 Å². The predicted octanol–water partition coefficient (Wildman–Crippen LogP) is 6.47. The minimum absolute atomic E-state index is 0.0286. The van der Waals surface area contributed by atoms with Crippen molar-refractivity contribution in [2.24, 2.45) is 0 Å². The van der Waals surface area contributed by atoms with Crippen LogP contribution in [0.4, 0.5) is 0 Å². The number of hydrogen-bond donors (Lipinski definition) is 2. The van der Waals surface area contributed by atoms with Gasteiger partial charge in [0.25, 0.3) is 5.91 Å². The van der Waals surface area contributed by atoms with E-state index < -0.39 is 11.5 Å². The quantitative estimate of drug-likeness (QED) is 0.125. The average Bonchev–Trinajstić information content (AvgIpc) is 3.34. The molecule has 2 N–H and O–H groups in total. The number of ketones is 1. The Hall–Kier alpha value is -3.97. The molecule has 2 amide bonds. The summed E-state index contributed by atoms with van der Waals surface area (Å²) in [6, 6.07) is 9.16. The number of amides is 2. The normalized spacial score (nSPS) is 17.1. The number of likely N-dealkylation sites (N-methyl/N-ethyl adjacent to an activating group) is 1. The third-order valence-electron chi connectivity index (χ3n) is 7.12. The summed E-state index contributed by atoms with van der Waals surface area (Å²) in [6.07, 6.45) is 30.2. The lowest BCUT2D eigenvalue weighted by Gasteiger charge is -2.24. The van der Waals surface area contributed by atoms with Gasteiger partial charge < -0.3 is 20.3 Å². The summed E-state index contributed by atoms with van der Waals surface area (Å²) >= 11 is 0. The van der Waals surface area contributed by atoms with Crippen molar-refractivity contribution in [2.75, 3.05) is 33.2 Å². The van der Waals surface area contributed by atoms with Crippen LogP contribution in [0.25, 0.3) is 0 Å². The smallest absolute Gasteiger partial charge is 0.286 e. The van der Waals surface area contributed by atoms with Gasteiger partial charge in [-0.15, -0.1) is 0 Å². The van der Waals surface area contributed by atoms with Crippen molar-refractivity contribution >= 4 is 17.6 Å². The maximum Gasteiger partial charge on any atom is 0.286 e. The van der Waals surface area contributed by atoms with E-state index in [1.54, 1.807) is 6.92 Å². The summed E-state index contributed by atoms with van der Waals surface area (Å²) in [4.78, 5) is 39.3. The molecule has 238 valence electrons. The number of hydrogen-bond acceptors (Lipinski definition) is 5. The highest BCUT2D eigenvalue weighted by atomic mass is 16.5. The van der Waals surface area contributed by atoms with Crippen LogP contribution in [0.2, 0.25) is 0 Å². The van der Waals surface area contributed by atoms with E-state index >= 15 is 0 Å². The molecule has 44 heavy (non-hydrogen) atoms. The summed E-state index contributed by atoms with van der Waals surface area (Å²) in [5.74, 6) is -0.580. The van der Waals surface area contributed by atoms with E-state index in [4.69, 9.17) is 4.74 Å². The molecule has 1 aliphatic rings. The summed E-state index contributed by atoms with van der Waals surface area (Å²) in [7, 11) is 1.93. The fraction of sp³-hybridized carbons (Fsp3) is 0.432. The molecule has 0 spiro atoms. The highest BCUT2D eigenvalue weighted by molar-refractivity contribution is 6.07. The second kappa shape index (κ2) is 21.7. The Kier molecular flexibility index (Phi) is 17.8. The van der Waals surface area contributed by atoms with Gasteiger partial charge in [0.1, 0.15) is 0 Å². The van der Waals surface area contributed by atoms with Crippen molar-refractivity contribution in [2.45, 2.75) is 70.8 Å². The van der Waals surface area contributed by atoms with Gasteiger partial charge in [-0.2, -0.15) is 0 Å². The largest absolute Gasteiger partial charge is 0.469 e. The third kappa shape index (κ3) is 14.5. The Morgan fingerprint density at radius 2 is 1.36 bits per heavy atom. The number of rotatable bonds is 21. The predicted molar refractivity (Wildman–Crippen MR) is 180 cm³/mol. The summed E-state index contributed by atoms with van der Waals surface area (Å²) < 4.78 is 5.78. The molecule has 7 heteroatoms. The number of carbonyl (C=O) groups is 3. The molecule has 0 saturated carbocycles. The van der Waals surface area contributed by atoms with Gasteiger partial charge >= 0.3 is 0 Å². The Balaban J connectivity index is 1.46. The Morgan fingerprint density at radius 3 is 1.95 bits per heavy atom. The van der Waals surface area contributed by atoms with Crippen molar-refractivity contribution in [3.63, 3.8) is 0 Å². The van der Waals surface area contributed by atoms with Crippen LogP contribution in [0.3, 0.4) is 0 Å². The standard InChI is InChI=1S/C37H51N3O4/c1-4-5-6-7-8-9-10-11-12-13-14-15-16-17-18-19-23-26-35(42)38-27-29-40(3)30-28-39-36(43)33-31-34(41)37(2,44-33)32-24-21-20-22-25-32/h5-6,8-9,11-12,14-15,17-18,20-22,24-25,31H,4,7,10,13,16,19,23,26-30H2,1-3H3,(H,38,42)(H,39,43)/b6-5-,9-8-,12-11-,15-14-,18-17-. The minimum Gasteiger partial charge on any atom is -0.469 e. The zero-order valence-electron chi connectivity index (χ0n) is 26.8. The Bertz CT molecular complexity index is 1200. The van der Waals surface area contributed by atoms with Gasteiger partial charge in [0.2, 0.25) is 11.7 Å². The van der Waals surface area contributed by atoms with Gasteiger partial charge in [0.05, 0.1) is 0 Å². The maximum absolute atomic E-state index is 12.5. The fourth-order valence-electron chi connectivity index (χ4n) is 4.41. The van der Waals surface area contributed by atoms with Crippen LogP contribution >= 0.6 is 0 Å². The molecular weight excluding hydrogens is 550 g/mol. The van der Waals surface area contributed by atoms with Gasteiger partial charge in [0, 0.05) is 44.2 Å². The summed E-state index contributed by atoms with van der Waals surface area (Å²) in [5, 5.41) is 5.77. The monoisotopic (exact) mass is 601 g/mol. The van der Waals surface area contributed by atoms with Gasteiger partial charge in [0.15, 0.2) is 11.4 Å². The van der Waals surface area contributed by atoms with Crippen LogP contribution < -0.4 is 10.6 Å². The number of carbonyl (C=O) groups excluding carboxylic acids is 3. The molecular formula is C37H51N3O4. The van der Waals surface area contributed by atoms with Crippen LogP contribution in [0.1, 0.15) is 70.8 Å². The molecule has 1 aromatic rings. The van der Waals surface area contributed by atoms with E-state index in [1.165, 1.54) is 6.08 Å². The highest BCUT2D eigenvalue weighted by Crippen LogP contribution is 2.34. The van der Waals surface area contributed by atoms with E-state index in [0.29, 0.717) is 38.2 Å². The second-order valence-corrected chi connectivity index (χ2v) is 10.9. The van der Waals surface area contributed by atoms with Crippen LogP contribution in [-0.4, -0.2) is 55.7 Å². The lowest BCUT2D eigenvalue weighted by molar-refractivity contribution is -0.132. The molecule has 1 aliphatic heterocycles. The van der Waals surface area contributed by atoms with Gasteiger partial charge in [-0.1, -0.05) is 98.0 Å². The van der Waals surface area contributed by atoms with Crippen molar-refractivity contribution < 1.29 is 19.1 Å². The summed E-state index contributed by atoms with van der Waals surface area (Å²) in [6.45, 7) is 6.03. The molecule has 0 bridgehead atoms. The van der Waals surface area contributed by atoms with E-state index in [9.17, 15) is 14.4 Å². The molecule has 0 aliphatic carbocycles. The van der Waals surface area contributed by atoms with Gasteiger partial charge in [-0.3, -0.25) is 14.4 Å². The van der Waals surface area contributed by atoms with Gasteiger partial charge in [-0.25, -0.2) is 0 Å². The van der Waals surface area contributed by atoms with Crippen LogP contribution in [-0.2, 0) is 24.7 Å². The average molecular weight is 602 g/mol. The lowest BCUT2D eigenvalue weighted by Crippen LogP contribution is -2.38. The molecule has 1 heterocycles. The molecule has 0 fully saturated rings. The van der Waals surface area contributed by atoms with Crippen LogP contribution in [0, 0.1) is 0 Å². The molecule has 0 radical (unpaired) electrons. The Labute approximate surface area is 264 Å².